The summed E-state index contributed by atoms with van der Waals surface area (Å²) >= 11 is 6.03. The average molecular weight is 308 g/mol. The third-order valence-corrected chi connectivity index (χ3v) is 3.98. The van der Waals surface area contributed by atoms with Crippen LogP contribution in [0.25, 0.3) is 6.08 Å². The molecule has 1 saturated heterocycles. The molecule has 21 heavy (non-hydrogen) atoms. The normalized spacial score (nSPS) is 19.5. The van der Waals surface area contributed by atoms with Gasteiger partial charge < -0.3 is 10.0 Å². The van der Waals surface area contributed by atoms with E-state index in [1.54, 1.807) is 12.1 Å². The van der Waals surface area contributed by atoms with Gasteiger partial charge in [-0.25, -0.2) is 4.79 Å². The minimum atomic E-state index is -0.934. The van der Waals surface area contributed by atoms with Crippen molar-refractivity contribution in [3.05, 3.63) is 40.9 Å². The second-order valence-electron chi connectivity index (χ2n) is 5.09. The molecule has 2 rings (SSSR count). The van der Waals surface area contributed by atoms with Gasteiger partial charge in [0, 0.05) is 17.6 Å². The van der Waals surface area contributed by atoms with E-state index in [4.69, 9.17) is 11.6 Å². The Bertz CT molecular complexity index is 556. The maximum absolute atomic E-state index is 12.3. The molecule has 1 aliphatic heterocycles. The highest BCUT2D eigenvalue weighted by molar-refractivity contribution is 6.32. The van der Waals surface area contributed by atoms with Crippen LogP contribution in [0.2, 0.25) is 5.02 Å². The van der Waals surface area contributed by atoms with E-state index < -0.39 is 12.0 Å². The molecule has 4 nitrogen and oxygen atoms in total. The van der Waals surface area contributed by atoms with E-state index in [1.807, 2.05) is 18.2 Å². The lowest BCUT2D eigenvalue weighted by Crippen LogP contribution is -2.43. The van der Waals surface area contributed by atoms with Crippen LogP contribution in [-0.4, -0.2) is 34.5 Å². The second kappa shape index (κ2) is 7.27. The van der Waals surface area contributed by atoms with Gasteiger partial charge in [0.1, 0.15) is 6.04 Å². The number of halogens is 1. The van der Waals surface area contributed by atoms with E-state index in [0.29, 0.717) is 18.0 Å². The number of carbonyl (C=O) groups excluding carboxylic acids is 1. The van der Waals surface area contributed by atoms with Crippen molar-refractivity contribution in [3.63, 3.8) is 0 Å². The summed E-state index contributed by atoms with van der Waals surface area (Å²) in [5.74, 6) is -1.21. The Hall–Kier alpha value is -1.81. The van der Waals surface area contributed by atoms with Crippen molar-refractivity contribution in [2.24, 2.45) is 0 Å². The third-order valence-electron chi connectivity index (χ3n) is 3.63. The highest BCUT2D eigenvalue weighted by Gasteiger charge is 2.29. The topological polar surface area (TPSA) is 57.6 Å². The smallest absolute Gasteiger partial charge is 0.326 e. The van der Waals surface area contributed by atoms with Gasteiger partial charge in [-0.3, -0.25) is 4.79 Å². The highest BCUT2D eigenvalue weighted by Crippen LogP contribution is 2.19. The molecule has 1 aromatic rings. The van der Waals surface area contributed by atoms with Crippen LogP contribution < -0.4 is 0 Å². The molecule has 1 fully saturated rings. The number of nitrogens with zero attached hydrogens (tertiary/aromatic N) is 1. The van der Waals surface area contributed by atoms with Crippen LogP contribution in [0.15, 0.2) is 30.3 Å². The number of hydrogen-bond donors (Lipinski definition) is 1. The predicted molar refractivity (Wildman–Crippen MR) is 82.1 cm³/mol. The van der Waals surface area contributed by atoms with Crippen molar-refractivity contribution >= 4 is 29.6 Å². The maximum atomic E-state index is 12.3. The molecule has 0 radical (unpaired) electrons. The Morgan fingerprint density at radius 3 is 2.71 bits per heavy atom. The van der Waals surface area contributed by atoms with Crippen molar-refractivity contribution in [1.29, 1.82) is 0 Å². The fourth-order valence-electron chi connectivity index (χ4n) is 2.50. The molecule has 0 saturated carbocycles. The molecule has 1 unspecified atom stereocenters. The van der Waals surface area contributed by atoms with Crippen LogP contribution in [0.4, 0.5) is 0 Å². The molecule has 5 heteroatoms. The van der Waals surface area contributed by atoms with Crippen LogP contribution in [0.3, 0.4) is 0 Å². The van der Waals surface area contributed by atoms with E-state index >= 15 is 0 Å². The lowest BCUT2D eigenvalue weighted by molar-refractivity contribution is -0.148. The summed E-state index contributed by atoms with van der Waals surface area (Å²) in [5, 5.41) is 9.84. The molecule has 0 aliphatic carbocycles. The Kier molecular flexibility index (Phi) is 5.39. The lowest BCUT2D eigenvalue weighted by atomic mass is 10.1. The summed E-state index contributed by atoms with van der Waals surface area (Å²) in [7, 11) is 0. The number of carboxylic acids is 1. The predicted octanol–water partition coefficient (Wildman–Crippen LogP) is 3.21. The van der Waals surface area contributed by atoms with E-state index in [2.05, 4.69) is 0 Å². The summed E-state index contributed by atoms with van der Waals surface area (Å²) in [6, 6.07) is 6.48. The summed E-state index contributed by atoms with van der Waals surface area (Å²) in [4.78, 5) is 25.0. The van der Waals surface area contributed by atoms with Crippen LogP contribution in [0, 0.1) is 0 Å². The van der Waals surface area contributed by atoms with Crippen molar-refractivity contribution in [3.8, 4) is 0 Å². The molecule has 0 aromatic heterocycles. The zero-order valence-electron chi connectivity index (χ0n) is 11.7. The number of rotatable bonds is 3. The van der Waals surface area contributed by atoms with Crippen LogP contribution >= 0.6 is 11.6 Å². The Labute approximate surface area is 129 Å². The molecular formula is C16H18ClNO3. The van der Waals surface area contributed by atoms with Crippen LogP contribution in [0.5, 0.6) is 0 Å². The fraction of sp³-hybridized carbons (Fsp3) is 0.375. The van der Waals surface area contributed by atoms with Gasteiger partial charge >= 0.3 is 5.97 Å². The van der Waals surface area contributed by atoms with Crippen molar-refractivity contribution < 1.29 is 14.7 Å². The molecule has 1 atom stereocenters. The number of carbonyl (C=O) groups is 2. The molecule has 1 aliphatic rings. The van der Waals surface area contributed by atoms with Gasteiger partial charge in [0.2, 0.25) is 5.91 Å². The largest absolute Gasteiger partial charge is 0.480 e. The zero-order valence-corrected chi connectivity index (χ0v) is 12.4. The average Bonchev–Trinajstić information content (AvgIpc) is 2.72. The van der Waals surface area contributed by atoms with E-state index in [9.17, 15) is 14.7 Å². The van der Waals surface area contributed by atoms with Crippen molar-refractivity contribution in [1.82, 2.24) is 4.90 Å². The first kappa shape index (κ1) is 15.6. The van der Waals surface area contributed by atoms with Crippen molar-refractivity contribution in [2.45, 2.75) is 31.7 Å². The number of amides is 1. The van der Waals surface area contributed by atoms with Gasteiger partial charge in [0.15, 0.2) is 0 Å². The Morgan fingerprint density at radius 2 is 2.00 bits per heavy atom. The first-order valence-electron chi connectivity index (χ1n) is 7.05. The quantitative estimate of drug-likeness (QED) is 0.872. The summed E-state index contributed by atoms with van der Waals surface area (Å²) < 4.78 is 0. The number of aliphatic carboxylic acids is 1. The molecule has 1 aromatic carbocycles. The second-order valence-corrected chi connectivity index (χ2v) is 5.50. The molecule has 112 valence electrons. The first-order valence-corrected chi connectivity index (χ1v) is 7.43. The Balaban J connectivity index is 2.13. The molecule has 1 heterocycles. The minimum absolute atomic E-state index is 0.274. The van der Waals surface area contributed by atoms with E-state index in [0.717, 1.165) is 24.8 Å². The van der Waals surface area contributed by atoms with Gasteiger partial charge in [0.05, 0.1) is 0 Å². The van der Waals surface area contributed by atoms with Gasteiger partial charge in [-0.2, -0.15) is 0 Å². The standard InChI is InChI=1S/C16H18ClNO3/c17-13-7-4-3-6-12(13)9-10-15(19)18-11-5-1-2-8-14(18)16(20)21/h3-4,6-7,9-10,14H,1-2,5,8,11H2,(H,20,21). The highest BCUT2D eigenvalue weighted by atomic mass is 35.5. The van der Waals surface area contributed by atoms with E-state index in [-0.39, 0.29) is 5.91 Å². The number of likely N-dealkylation sites (tertiary alicyclic amines) is 1. The molecule has 0 bridgehead atoms. The third kappa shape index (κ3) is 4.08. The Morgan fingerprint density at radius 1 is 1.24 bits per heavy atom. The monoisotopic (exact) mass is 307 g/mol. The molecular weight excluding hydrogens is 290 g/mol. The van der Waals surface area contributed by atoms with Crippen molar-refractivity contribution in [2.75, 3.05) is 6.54 Å². The van der Waals surface area contributed by atoms with Crippen LogP contribution in [0.1, 0.15) is 31.2 Å². The molecule has 1 N–H and O–H groups in total. The molecule has 1 amide bonds. The summed E-state index contributed by atoms with van der Waals surface area (Å²) in [6.45, 7) is 0.489. The zero-order chi connectivity index (χ0) is 15.2. The maximum Gasteiger partial charge on any atom is 0.326 e. The number of benzene rings is 1. The van der Waals surface area contributed by atoms with Gasteiger partial charge in [-0.05, 0) is 30.5 Å². The summed E-state index contributed by atoms with van der Waals surface area (Å²) in [5.41, 5.74) is 0.745. The lowest BCUT2D eigenvalue weighted by Gasteiger charge is -2.25. The van der Waals surface area contributed by atoms with Crippen LogP contribution in [-0.2, 0) is 9.59 Å². The summed E-state index contributed by atoms with van der Waals surface area (Å²) in [6.07, 6.45) is 6.20. The van der Waals surface area contributed by atoms with Gasteiger partial charge in [-0.15, -0.1) is 0 Å². The van der Waals surface area contributed by atoms with Gasteiger partial charge in [0.25, 0.3) is 0 Å². The fourth-order valence-corrected chi connectivity index (χ4v) is 2.69. The van der Waals surface area contributed by atoms with Gasteiger partial charge in [-0.1, -0.05) is 42.6 Å². The first-order chi connectivity index (χ1) is 10.1. The SMILES string of the molecule is O=C(O)C1CCCCCN1C(=O)C=Cc1ccccc1Cl. The number of carboxylic acid groups (broad SMARTS) is 1. The number of hydrogen-bond acceptors (Lipinski definition) is 2. The minimum Gasteiger partial charge on any atom is -0.480 e. The van der Waals surface area contributed by atoms with E-state index in [1.165, 1.54) is 11.0 Å². The molecule has 0 spiro atoms.